The van der Waals surface area contributed by atoms with Crippen molar-refractivity contribution in [2.45, 2.75) is 26.3 Å². The lowest BCUT2D eigenvalue weighted by atomic mass is 10.0. The molecule has 0 bridgehead atoms. The molecule has 5 heteroatoms. The zero-order valence-electron chi connectivity index (χ0n) is 17.8. The predicted octanol–water partition coefficient (Wildman–Crippen LogP) is 4.29. The fourth-order valence-corrected chi connectivity index (χ4v) is 3.53. The molecule has 3 rings (SSSR count). The second-order valence-electron chi connectivity index (χ2n) is 7.69. The molecular weight excluding hydrogens is 374 g/mol. The highest BCUT2D eigenvalue weighted by Crippen LogP contribution is 2.22. The molecule has 0 aromatic heterocycles. The lowest BCUT2D eigenvalue weighted by Crippen LogP contribution is -2.40. The third kappa shape index (κ3) is 5.67. The van der Waals surface area contributed by atoms with Crippen LogP contribution in [0.3, 0.4) is 0 Å². The second kappa shape index (κ2) is 10.0. The Balaban J connectivity index is 1.53. The molecule has 0 heterocycles. The second-order valence-corrected chi connectivity index (χ2v) is 7.69. The first-order valence-electron chi connectivity index (χ1n) is 10.3. The number of amides is 2. The van der Waals surface area contributed by atoms with Gasteiger partial charge in [0.1, 0.15) is 0 Å². The first-order chi connectivity index (χ1) is 14.5. The first kappa shape index (κ1) is 21.5. The Labute approximate surface area is 178 Å². The van der Waals surface area contributed by atoms with E-state index in [-0.39, 0.29) is 30.9 Å². The maximum atomic E-state index is 12.5. The summed E-state index contributed by atoms with van der Waals surface area (Å²) in [5, 5.41) is 8.10. The fraction of sp³-hybridized carbons (Fsp3) is 0.280. The van der Waals surface area contributed by atoms with E-state index in [1.807, 2.05) is 80.6 Å². The van der Waals surface area contributed by atoms with E-state index in [0.29, 0.717) is 0 Å². The molecule has 0 aliphatic heterocycles. The molecule has 0 fully saturated rings. The summed E-state index contributed by atoms with van der Waals surface area (Å²) >= 11 is 0. The Morgan fingerprint density at radius 1 is 0.900 bits per heavy atom. The van der Waals surface area contributed by atoms with Gasteiger partial charge in [0, 0.05) is 11.1 Å². The van der Waals surface area contributed by atoms with Crippen LogP contribution in [0.2, 0.25) is 0 Å². The molecule has 0 saturated carbocycles. The minimum atomic E-state index is -0.146. The summed E-state index contributed by atoms with van der Waals surface area (Å²) in [6.45, 7) is 4.39. The Morgan fingerprint density at radius 2 is 1.57 bits per heavy atom. The van der Waals surface area contributed by atoms with Gasteiger partial charge in [-0.15, -0.1) is 0 Å². The van der Waals surface area contributed by atoms with Crippen molar-refractivity contribution in [3.05, 3.63) is 77.9 Å². The molecule has 3 aromatic carbocycles. The van der Waals surface area contributed by atoms with Gasteiger partial charge in [-0.1, -0.05) is 73.2 Å². The van der Waals surface area contributed by atoms with Gasteiger partial charge in [-0.25, -0.2) is 0 Å². The molecule has 0 aliphatic rings. The van der Waals surface area contributed by atoms with Crippen LogP contribution in [0.15, 0.2) is 66.7 Å². The van der Waals surface area contributed by atoms with Gasteiger partial charge in [0.25, 0.3) is 0 Å². The highest BCUT2D eigenvalue weighted by Gasteiger charge is 2.16. The lowest BCUT2D eigenvalue weighted by molar-refractivity contribution is -0.123. The normalized spacial score (nSPS) is 12.0. The van der Waals surface area contributed by atoms with Crippen LogP contribution in [-0.4, -0.2) is 36.9 Å². The molecule has 5 nitrogen and oxygen atoms in total. The molecule has 3 aromatic rings. The van der Waals surface area contributed by atoms with E-state index in [4.69, 9.17) is 0 Å². The fourth-order valence-electron chi connectivity index (χ4n) is 3.53. The lowest BCUT2D eigenvalue weighted by Gasteiger charge is -2.21. The maximum absolute atomic E-state index is 12.5. The summed E-state index contributed by atoms with van der Waals surface area (Å²) in [4.78, 5) is 26.7. The van der Waals surface area contributed by atoms with Crippen molar-refractivity contribution in [3.63, 3.8) is 0 Å². The smallest absolute Gasteiger partial charge is 0.238 e. The van der Waals surface area contributed by atoms with E-state index in [1.54, 1.807) is 11.9 Å². The van der Waals surface area contributed by atoms with E-state index < -0.39 is 0 Å². The Hall–Kier alpha value is -3.18. The van der Waals surface area contributed by atoms with Gasteiger partial charge < -0.3 is 10.6 Å². The van der Waals surface area contributed by atoms with Gasteiger partial charge in [0.15, 0.2) is 0 Å². The van der Waals surface area contributed by atoms with Crippen LogP contribution in [0, 0.1) is 6.92 Å². The van der Waals surface area contributed by atoms with Gasteiger partial charge in [0.05, 0.1) is 19.1 Å². The quantitative estimate of drug-likeness (QED) is 0.590. The van der Waals surface area contributed by atoms with Gasteiger partial charge in [-0.2, -0.15) is 0 Å². The number of anilines is 1. The van der Waals surface area contributed by atoms with Crippen molar-refractivity contribution in [3.8, 4) is 0 Å². The van der Waals surface area contributed by atoms with Crippen molar-refractivity contribution in [2.75, 3.05) is 25.5 Å². The number of aryl methyl sites for hydroxylation is 1. The number of hydrogen-bond donors (Lipinski definition) is 2. The molecule has 0 spiro atoms. The maximum Gasteiger partial charge on any atom is 0.238 e. The minimum Gasteiger partial charge on any atom is -0.348 e. The molecule has 2 amide bonds. The van der Waals surface area contributed by atoms with Crippen molar-refractivity contribution in [2.24, 2.45) is 0 Å². The van der Waals surface area contributed by atoms with Crippen LogP contribution in [0.25, 0.3) is 10.8 Å². The SMILES string of the molecule is CC[C@@H](NC(=O)CN(C)CC(=O)Nc1cccc2ccccc12)c1ccc(C)cc1. The van der Waals surface area contributed by atoms with Gasteiger partial charge >= 0.3 is 0 Å². The van der Waals surface area contributed by atoms with Crippen molar-refractivity contribution in [1.29, 1.82) is 0 Å². The molecule has 0 radical (unpaired) electrons. The van der Waals surface area contributed by atoms with Crippen LogP contribution >= 0.6 is 0 Å². The predicted molar refractivity (Wildman–Crippen MR) is 122 cm³/mol. The number of hydrogen-bond acceptors (Lipinski definition) is 3. The van der Waals surface area contributed by atoms with E-state index in [9.17, 15) is 9.59 Å². The molecule has 1 atom stereocenters. The van der Waals surface area contributed by atoms with E-state index in [0.717, 1.165) is 28.4 Å². The largest absolute Gasteiger partial charge is 0.348 e. The van der Waals surface area contributed by atoms with Crippen LogP contribution < -0.4 is 10.6 Å². The number of carbonyl (C=O) groups is 2. The molecule has 0 unspecified atom stereocenters. The summed E-state index contributed by atoms with van der Waals surface area (Å²) in [6.07, 6.45) is 0.806. The first-order valence-corrected chi connectivity index (χ1v) is 10.3. The van der Waals surface area contributed by atoms with Crippen molar-refractivity contribution >= 4 is 28.3 Å². The van der Waals surface area contributed by atoms with Crippen LogP contribution in [0.1, 0.15) is 30.5 Å². The summed E-state index contributed by atoms with van der Waals surface area (Å²) in [7, 11) is 1.77. The topological polar surface area (TPSA) is 61.4 Å². The van der Waals surface area contributed by atoms with Crippen LogP contribution in [0.4, 0.5) is 5.69 Å². The average Bonchev–Trinajstić information content (AvgIpc) is 2.73. The number of likely N-dealkylation sites (N-methyl/N-ethyl adjacent to an activating group) is 1. The minimum absolute atomic E-state index is 0.0315. The standard InChI is InChI=1S/C25H29N3O2/c1-4-22(20-14-12-18(2)13-15-20)26-24(29)16-28(3)17-25(30)27-23-11-7-9-19-8-5-6-10-21(19)23/h5-15,22H,4,16-17H2,1-3H3,(H,26,29)(H,27,30)/t22-/m1/s1. The monoisotopic (exact) mass is 403 g/mol. The summed E-state index contributed by atoms with van der Waals surface area (Å²) < 4.78 is 0. The third-order valence-electron chi connectivity index (χ3n) is 5.11. The van der Waals surface area contributed by atoms with Crippen LogP contribution in [-0.2, 0) is 9.59 Å². The van der Waals surface area contributed by atoms with E-state index in [2.05, 4.69) is 10.6 Å². The van der Waals surface area contributed by atoms with Crippen LogP contribution in [0.5, 0.6) is 0 Å². The number of fused-ring (bicyclic) bond motifs is 1. The van der Waals surface area contributed by atoms with Crippen molar-refractivity contribution in [1.82, 2.24) is 10.2 Å². The summed E-state index contributed by atoms with van der Waals surface area (Å²) in [6, 6.07) is 21.9. The molecule has 0 aliphatic carbocycles. The van der Waals surface area contributed by atoms with Gasteiger partial charge in [0.2, 0.25) is 11.8 Å². The molecule has 30 heavy (non-hydrogen) atoms. The number of nitrogens with one attached hydrogen (secondary N) is 2. The number of nitrogens with zero attached hydrogens (tertiary/aromatic N) is 1. The Bertz CT molecular complexity index is 1010. The summed E-state index contributed by atoms with van der Waals surface area (Å²) in [5.74, 6) is -0.241. The number of carbonyl (C=O) groups excluding carboxylic acids is 2. The number of benzene rings is 3. The summed E-state index contributed by atoms with van der Waals surface area (Å²) in [5.41, 5.74) is 3.06. The highest BCUT2D eigenvalue weighted by molar-refractivity contribution is 6.02. The van der Waals surface area contributed by atoms with Gasteiger partial charge in [-0.3, -0.25) is 14.5 Å². The van der Waals surface area contributed by atoms with E-state index in [1.165, 1.54) is 5.56 Å². The zero-order chi connectivity index (χ0) is 21.5. The number of rotatable bonds is 8. The third-order valence-corrected chi connectivity index (χ3v) is 5.11. The Morgan fingerprint density at radius 3 is 2.30 bits per heavy atom. The highest BCUT2D eigenvalue weighted by atomic mass is 16.2. The Kier molecular flexibility index (Phi) is 7.20. The molecule has 0 saturated heterocycles. The van der Waals surface area contributed by atoms with Crippen molar-refractivity contribution < 1.29 is 9.59 Å². The zero-order valence-corrected chi connectivity index (χ0v) is 17.8. The molecular formula is C25H29N3O2. The molecule has 2 N–H and O–H groups in total. The average molecular weight is 404 g/mol. The van der Waals surface area contributed by atoms with Gasteiger partial charge in [-0.05, 0) is 37.4 Å². The van der Waals surface area contributed by atoms with E-state index >= 15 is 0 Å². The molecule has 156 valence electrons.